The Bertz CT molecular complexity index is 437. The van der Waals surface area contributed by atoms with Gasteiger partial charge in [0.2, 0.25) is 0 Å². The van der Waals surface area contributed by atoms with Crippen LogP contribution in [0.4, 0.5) is 11.6 Å². The highest BCUT2D eigenvalue weighted by Gasteiger charge is 2.36. The zero-order valence-electron chi connectivity index (χ0n) is 12.7. The van der Waals surface area contributed by atoms with Crippen molar-refractivity contribution in [1.29, 1.82) is 0 Å². The summed E-state index contributed by atoms with van der Waals surface area (Å²) in [7, 11) is 0. The first kappa shape index (κ1) is 15.0. The molecule has 0 bridgehead atoms. The molecule has 0 saturated heterocycles. The molecule has 0 atom stereocenters. The fourth-order valence-electron chi connectivity index (χ4n) is 2.54. The molecule has 1 aromatic heterocycles. The first-order valence-corrected chi connectivity index (χ1v) is 7.45. The van der Waals surface area contributed by atoms with Crippen molar-refractivity contribution in [3.63, 3.8) is 0 Å². The molecule has 5 nitrogen and oxygen atoms in total. The van der Waals surface area contributed by atoms with Crippen molar-refractivity contribution in [3.05, 3.63) is 12.4 Å². The molecule has 1 aliphatic rings. The van der Waals surface area contributed by atoms with E-state index >= 15 is 0 Å². The van der Waals surface area contributed by atoms with E-state index in [9.17, 15) is 5.11 Å². The lowest BCUT2D eigenvalue weighted by Crippen LogP contribution is -2.42. The van der Waals surface area contributed by atoms with Crippen LogP contribution >= 0.6 is 0 Å². The zero-order valence-corrected chi connectivity index (χ0v) is 12.7. The number of nitrogens with one attached hydrogen (secondary N) is 2. The molecule has 3 N–H and O–H groups in total. The first-order valence-electron chi connectivity index (χ1n) is 7.45. The molecule has 0 amide bonds. The van der Waals surface area contributed by atoms with Crippen LogP contribution in [0.25, 0.3) is 0 Å². The maximum atomic E-state index is 10.6. The summed E-state index contributed by atoms with van der Waals surface area (Å²) in [6, 6.07) is 0. The van der Waals surface area contributed by atoms with Crippen molar-refractivity contribution >= 4 is 11.6 Å². The smallest absolute Gasteiger partial charge is 0.147 e. The van der Waals surface area contributed by atoms with E-state index in [0.717, 1.165) is 38.0 Å². The summed E-state index contributed by atoms with van der Waals surface area (Å²) in [6.07, 6.45) is 7.20. The largest absolute Gasteiger partial charge is 0.388 e. The predicted octanol–water partition coefficient (Wildman–Crippen LogP) is 2.65. The van der Waals surface area contributed by atoms with Gasteiger partial charge >= 0.3 is 0 Å². The maximum absolute atomic E-state index is 10.6. The Hall–Kier alpha value is -1.36. The van der Waals surface area contributed by atoms with Crippen LogP contribution in [-0.2, 0) is 0 Å². The molecule has 0 aliphatic heterocycles. The lowest BCUT2D eigenvalue weighted by Gasteiger charge is -2.40. The van der Waals surface area contributed by atoms with E-state index in [0.29, 0.717) is 17.8 Å². The van der Waals surface area contributed by atoms with Crippen LogP contribution in [0.2, 0.25) is 0 Å². The summed E-state index contributed by atoms with van der Waals surface area (Å²) < 4.78 is 0. The highest BCUT2D eigenvalue weighted by molar-refractivity contribution is 5.41. The molecule has 1 heterocycles. The average molecular weight is 278 g/mol. The van der Waals surface area contributed by atoms with Crippen molar-refractivity contribution in [2.45, 2.75) is 52.1 Å². The van der Waals surface area contributed by atoms with E-state index in [1.807, 2.05) is 6.92 Å². The number of rotatable bonds is 5. The minimum Gasteiger partial charge on any atom is -0.388 e. The molecule has 0 radical (unpaired) electrons. The molecule has 112 valence electrons. The standard InChI is InChI=1S/C15H26N4O/c1-4-17-12-9-16-10-13(19-12)18-11-15(20)7-5-14(2,3)6-8-15/h9-10,20H,4-8,11H2,1-3H3,(H2,17,18,19). The maximum Gasteiger partial charge on any atom is 0.147 e. The summed E-state index contributed by atoms with van der Waals surface area (Å²) in [5, 5.41) is 17.0. The Balaban J connectivity index is 1.90. The minimum absolute atomic E-state index is 0.358. The van der Waals surface area contributed by atoms with Crippen LogP contribution in [0.15, 0.2) is 12.4 Å². The minimum atomic E-state index is -0.620. The van der Waals surface area contributed by atoms with Gasteiger partial charge in [-0.3, -0.25) is 4.98 Å². The average Bonchev–Trinajstić information content (AvgIpc) is 2.42. The summed E-state index contributed by atoms with van der Waals surface area (Å²) >= 11 is 0. The molecular formula is C15H26N4O. The van der Waals surface area contributed by atoms with Crippen LogP contribution in [0.3, 0.4) is 0 Å². The quantitative estimate of drug-likeness (QED) is 0.772. The molecule has 0 unspecified atom stereocenters. The van der Waals surface area contributed by atoms with Gasteiger partial charge in [-0.2, -0.15) is 0 Å². The Labute approximate surface area is 121 Å². The van der Waals surface area contributed by atoms with Crippen LogP contribution in [-0.4, -0.2) is 33.8 Å². The molecule has 5 heteroatoms. The number of anilines is 2. The second-order valence-corrected chi connectivity index (χ2v) is 6.56. The predicted molar refractivity (Wildman–Crippen MR) is 81.9 cm³/mol. The van der Waals surface area contributed by atoms with Crippen molar-refractivity contribution in [2.75, 3.05) is 23.7 Å². The van der Waals surface area contributed by atoms with E-state index < -0.39 is 5.60 Å². The summed E-state index contributed by atoms with van der Waals surface area (Å²) in [4.78, 5) is 8.55. The van der Waals surface area contributed by atoms with Gasteiger partial charge in [0.25, 0.3) is 0 Å². The second-order valence-electron chi connectivity index (χ2n) is 6.56. The second kappa shape index (κ2) is 5.95. The van der Waals surface area contributed by atoms with Gasteiger partial charge in [-0.1, -0.05) is 13.8 Å². The third kappa shape index (κ3) is 4.07. The SMILES string of the molecule is CCNc1cncc(NCC2(O)CCC(C)(C)CC2)n1. The van der Waals surface area contributed by atoms with Crippen molar-refractivity contribution in [2.24, 2.45) is 5.41 Å². The molecule has 1 fully saturated rings. The van der Waals surface area contributed by atoms with Crippen LogP contribution in [0.5, 0.6) is 0 Å². The van der Waals surface area contributed by atoms with Crippen LogP contribution in [0.1, 0.15) is 46.5 Å². The summed E-state index contributed by atoms with van der Waals surface area (Å²) in [5.74, 6) is 1.47. The van der Waals surface area contributed by atoms with Crippen molar-refractivity contribution < 1.29 is 5.11 Å². The first-order chi connectivity index (χ1) is 9.42. The Morgan fingerprint density at radius 2 is 1.70 bits per heavy atom. The van der Waals surface area contributed by atoms with Gasteiger partial charge in [-0.25, -0.2) is 4.98 Å². The summed E-state index contributed by atoms with van der Waals surface area (Å²) in [5.41, 5.74) is -0.262. The fourth-order valence-corrected chi connectivity index (χ4v) is 2.54. The molecule has 20 heavy (non-hydrogen) atoms. The lowest BCUT2D eigenvalue weighted by atomic mass is 9.71. The third-order valence-electron chi connectivity index (χ3n) is 4.13. The summed E-state index contributed by atoms with van der Waals surface area (Å²) in [6.45, 7) is 7.91. The van der Waals surface area contributed by atoms with E-state index in [2.05, 4.69) is 34.4 Å². The van der Waals surface area contributed by atoms with Crippen LogP contribution in [0, 0.1) is 5.41 Å². The van der Waals surface area contributed by atoms with Gasteiger partial charge in [0.05, 0.1) is 18.0 Å². The van der Waals surface area contributed by atoms with Gasteiger partial charge in [-0.15, -0.1) is 0 Å². The van der Waals surface area contributed by atoms with E-state index in [4.69, 9.17) is 0 Å². The fraction of sp³-hybridized carbons (Fsp3) is 0.733. The number of aliphatic hydroxyl groups is 1. The van der Waals surface area contributed by atoms with Crippen molar-refractivity contribution in [1.82, 2.24) is 9.97 Å². The molecule has 1 saturated carbocycles. The van der Waals surface area contributed by atoms with Gasteiger partial charge < -0.3 is 15.7 Å². The highest BCUT2D eigenvalue weighted by Crippen LogP contribution is 2.40. The van der Waals surface area contributed by atoms with Gasteiger partial charge in [0.15, 0.2) is 0 Å². The monoisotopic (exact) mass is 278 g/mol. The highest BCUT2D eigenvalue weighted by atomic mass is 16.3. The number of hydrogen-bond acceptors (Lipinski definition) is 5. The topological polar surface area (TPSA) is 70.1 Å². The Kier molecular flexibility index (Phi) is 4.48. The normalized spacial score (nSPS) is 20.4. The van der Waals surface area contributed by atoms with E-state index in [-0.39, 0.29) is 0 Å². The molecule has 0 spiro atoms. The Morgan fingerprint density at radius 1 is 1.10 bits per heavy atom. The van der Waals surface area contributed by atoms with Crippen molar-refractivity contribution in [3.8, 4) is 0 Å². The van der Waals surface area contributed by atoms with Gasteiger partial charge in [0, 0.05) is 13.1 Å². The molecule has 1 aliphatic carbocycles. The van der Waals surface area contributed by atoms with Crippen LogP contribution < -0.4 is 10.6 Å². The zero-order chi connectivity index (χ0) is 14.6. The number of hydrogen-bond donors (Lipinski definition) is 3. The third-order valence-corrected chi connectivity index (χ3v) is 4.13. The Morgan fingerprint density at radius 3 is 2.30 bits per heavy atom. The number of nitrogens with zero attached hydrogens (tertiary/aromatic N) is 2. The van der Waals surface area contributed by atoms with E-state index in [1.165, 1.54) is 0 Å². The van der Waals surface area contributed by atoms with Gasteiger partial charge in [-0.05, 0) is 38.0 Å². The number of aromatic nitrogens is 2. The lowest BCUT2D eigenvalue weighted by molar-refractivity contribution is -0.0145. The van der Waals surface area contributed by atoms with Gasteiger partial charge in [0.1, 0.15) is 11.6 Å². The molecule has 1 aromatic rings. The van der Waals surface area contributed by atoms with E-state index in [1.54, 1.807) is 12.4 Å². The molecule has 0 aromatic carbocycles. The molecular weight excluding hydrogens is 252 g/mol. The molecule has 2 rings (SSSR count).